The van der Waals surface area contributed by atoms with Crippen LogP contribution in [0.15, 0.2) is 0 Å². The van der Waals surface area contributed by atoms with Crippen molar-refractivity contribution in [3.05, 3.63) is 0 Å². The van der Waals surface area contributed by atoms with Crippen LogP contribution in [0.5, 0.6) is 0 Å². The van der Waals surface area contributed by atoms with Crippen LogP contribution in [0, 0.1) is 5.92 Å². The largest absolute Gasteiger partial charge is 0.314 e. The molecule has 1 atom stereocenters. The van der Waals surface area contributed by atoms with Gasteiger partial charge in [0.2, 0.25) is 0 Å². The molecule has 0 bridgehead atoms. The second-order valence-corrected chi connectivity index (χ2v) is 6.32. The average molecular weight is 267 g/mol. The van der Waals surface area contributed by atoms with Gasteiger partial charge in [-0.3, -0.25) is 9.74 Å². The van der Waals surface area contributed by atoms with E-state index in [0.717, 1.165) is 45.2 Å². The van der Waals surface area contributed by atoms with Gasteiger partial charge in [0.1, 0.15) is 6.23 Å². The van der Waals surface area contributed by atoms with Crippen LogP contribution >= 0.6 is 0 Å². The first kappa shape index (κ1) is 13.8. The molecule has 3 fully saturated rings. The molecule has 3 rings (SSSR count). The number of nitrogens with zero attached hydrogens (tertiary/aromatic N) is 2. The van der Waals surface area contributed by atoms with E-state index >= 15 is 0 Å². The van der Waals surface area contributed by atoms with Gasteiger partial charge in [-0.15, -0.1) is 0 Å². The van der Waals surface area contributed by atoms with Crippen molar-refractivity contribution < 1.29 is 4.84 Å². The molecular formula is C15H29N3O. The highest BCUT2D eigenvalue weighted by Gasteiger charge is 2.33. The van der Waals surface area contributed by atoms with E-state index in [-0.39, 0.29) is 0 Å². The summed E-state index contributed by atoms with van der Waals surface area (Å²) in [6.45, 7) is 6.80. The lowest BCUT2D eigenvalue weighted by atomic mass is 10.0. The number of piperidine rings is 1. The maximum absolute atomic E-state index is 6.45. The third kappa shape index (κ3) is 3.69. The van der Waals surface area contributed by atoms with Crippen molar-refractivity contribution in [3.63, 3.8) is 0 Å². The smallest absolute Gasteiger partial charge is 0.135 e. The molecule has 0 amide bonds. The van der Waals surface area contributed by atoms with Crippen molar-refractivity contribution >= 4 is 0 Å². The van der Waals surface area contributed by atoms with Gasteiger partial charge in [-0.25, -0.2) is 0 Å². The SMILES string of the molecule is C1CCN(OC(C2CCCC2)N2CCNCC2)CC1. The zero-order valence-electron chi connectivity index (χ0n) is 12.1. The quantitative estimate of drug-likeness (QED) is 0.841. The van der Waals surface area contributed by atoms with Crippen molar-refractivity contribution in [1.82, 2.24) is 15.3 Å². The highest BCUT2D eigenvalue weighted by atomic mass is 16.7. The summed E-state index contributed by atoms with van der Waals surface area (Å²) >= 11 is 0. The topological polar surface area (TPSA) is 27.7 Å². The second kappa shape index (κ2) is 7.02. The van der Waals surface area contributed by atoms with E-state index in [2.05, 4.69) is 15.3 Å². The van der Waals surface area contributed by atoms with E-state index in [9.17, 15) is 0 Å². The minimum absolute atomic E-state index is 0.350. The van der Waals surface area contributed by atoms with E-state index in [4.69, 9.17) is 4.84 Å². The Kier molecular flexibility index (Phi) is 5.10. The van der Waals surface area contributed by atoms with E-state index in [1.165, 1.54) is 44.9 Å². The van der Waals surface area contributed by atoms with E-state index in [1.807, 2.05) is 0 Å². The molecule has 1 saturated carbocycles. The molecule has 0 aromatic heterocycles. The van der Waals surface area contributed by atoms with Gasteiger partial charge in [0, 0.05) is 45.2 Å². The van der Waals surface area contributed by atoms with Crippen LogP contribution in [0.4, 0.5) is 0 Å². The summed E-state index contributed by atoms with van der Waals surface area (Å²) in [5, 5.41) is 5.71. The fourth-order valence-corrected chi connectivity index (χ4v) is 3.75. The third-order valence-electron chi connectivity index (χ3n) is 4.89. The summed E-state index contributed by atoms with van der Waals surface area (Å²) in [4.78, 5) is 9.03. The molecule has 0 spiro atoms. The Bertz CT molecular complexity index is 256. The summed E-state index contributed by atoms with van der Waals surface area (Å²) in [6, 6.07) is 0. The van der Waals surface area contributed by atoms with E-state index in [1.54, 1.807) is 0 Å². The Morgan fingerprint density at radius 1 is 0.842 bits per heavy atom. The molecule has 1 unspecified atom stereocenters. The molecule has 0 radical (unpaired) electrons. The lowest BCUT2D eigenvalue weighted by Crippen LogP contribution is -2.53. The van der Waals surface area contributed by atoms with Crippen LogP contribution in [0.3, 0.4) is 0 Å². The first-order valence-electron chi connectivity index (χ1n) is 8.30. The zero-order chi connectivity index (χ0) is 12.9. The Morgan fingerprint density at radius 3 is 2.21 bits per heavy atom. The Labute approximate surface area is 117 Å². The molecular weight excluding hydrogens is 238 g/mol. The maximum Gasteiger partial charge on any atom is 0.135 e. The molecule has 2 aliphatic heterocycles. The van der Waals surface area contributed by atoms with Gasteiger partial charge in [-0.05, 0) is 25.7 Å². The molecule has 4 heteroatoms. The fourth-order valence-electron chi connectivity index (χ4n) is 3.75. The molecule has 19 heavy (non-hydrogen) atoms. The lowest BCUT2D eigenvalue weighted by molar-refractivity contribution is -0.262. The lowest BCUT2D eigenvalue weighted by Gasteiger charge is -2.41. The van der Waals surface area contributed by atoms with Crippen LogP contribution in [-0.2, 0) is 4.84 Å². The Morgan fingerprint density at radius 2 is 1.53 bits per heavy atom. The number of hydrogen-bond donors (Lipinski definition) is 1. The molecule has 3 aliphatic rings. The van der Waals surface area contributed by atoms with Gasteiger partial charge < -0.3 is 5.32 Å². The van der Waals surface area contributed by atoms with Crippen molar-refractivity contribution in [2.24, 2.45) is 5.92 Å². The van der Waals surface area contributed by atoms with Crippen LogP contribution in [0.1, 0.15) is 44.9 Å². The molecule has 4 nitrogen and oxygen atoms in total. The minimum atomic E-state index is 0.350. The number of nitrogens with one attached hydrogen (secondary N) is 1. The van der Waals surface area contributed by atoms with Crippen LogP contribution in [0.25, 0.3) is 0 Å². The zero-order valence-corrected chi connectivity index (χ0v) is 12.1. The monoisotopic (exact) mass is 267 g/mol. The van der Waals surface area contributed by atoms with Crippen molar-refractivity contribution in [3.8, 4) is 0 Å². The van der Waals surface area contributed by atoms with Crippen LogP contribution in [-0.4, -0.2) is 55.5 Å². The summed E-state index contributed by atoms with van der Waals surface area (Å²) < 4.78 is 0. The minimum Gasteiger partial charge on any atom is -0.314 e. The van der Waals surface area contributed by atoms with Gasteiger partial charge in [-0.1, -0.05) is 19.3 Å². The highest BCUT2D eigenvalue weighted by molar-refractivity contribution is 4.80. The Hall–Kier alpha value is -0.160. The van der Waals surface area contributed by atoms with Crippen LogP contribution < -0.4 is 5.32 Å². The second-order valence-electron chi connectivity index (χ2n) is 6.32. The Balaban J connectivity index is 1.60. The molecule has 2 heterocycles. The van der Waals surface area contributed by atoms with Crippen molar-refractivity contribution in [2.45, 2.75) is 51.2 Å². The number of piperazine rings is 1. The molecule has 0 aromatic rings. The molecule has 1 aliphatic carbocycles. The predicted octanol–water partition coefficient (Wildman–Crippen LogP) is 1.83. The highest BCUT2D eigenvalue weighted by Crippen LogP contribution is 2.32. The molecule has 110 valence electrons. The maximum atomic E-state index is 6.45. The average Bonchev–Trinajstić information content (AvgIpc) is 3.01. The number of hydroxylamine groups is 2. The summed E-state index contributed by atoms with van der Waals surface area (Å²) in [7, 11) is 0. The van der Waals surface area contributed by atoms with E-state index in [0.29, 0.717) is 6.23 Å². The third-order valence-corrected chi connectivity index (χ3v) is 4.89. The molecule has 1 N–H and O–H groups in total. The van der Waals surface area contributed by atoms with Gasteiger partial charge in [0.05, 0.1) is 0 Å². The van der Waals surface area contributed by atoms with Gasteiger partial charge >= 0.3 is 0 Å². The van der Waals surface area contributed by atoms with Crippen molar-refractivity contribution in [2.75, 3.05) is 39.3 Å². The molecule has 2 saturated heterocycles. The predicted molar refractivity (Wildman–Crippen MR) is 76.7 cm³/mol. The summed E-state index contributed by atoms with van der Waals surface area (Å²) in [5.74, 6) is 0.764. The van der Waals surface area contributed by atoms with E-state index < -0.39 is 0 Å². The van der Waals surface area contributed by atoms with Gasteiger partial charge in [0.15, 0.2) is 0 Å². The van der Waals surface area contributed by atoms with Gasteiger partial charge in [0.25, 0.3) is 0 Å². The number of rotatable bonds is 4. The number of hydrogen-bond acceptors (Lipinski definition) is 4. The standard InChI is InChI=1S/C15H29N3O/c1-4-10-18(11-5-1)19-15(14-6-2-3-7-14)17-12-8-16-9-13-17/h14-16H,1-13H2. The normalized spacial score (nSPS) is 29.7. The van der Waals surface area contributed by atoms with Gasteiger partial charge in [-0.2, -0.15) is 5.06 Å². The van der Waals surface area contributed by atoms with Crippen LogP contribution in [0.2, 0.25) is 0 Å². The van der Waals surface area contributed by atoms with Crippen molar-refractivity contribution in [1.29, 1.82) is 0 Å². The molecule has 0 aromatic carbocycles. The fraction of sp³-hybridized carbons (Fsp3) is 1.00. The summed E-state index contributed by atoms with van der Waals surface area (Å²) in [6.07, 6.45) is 9.86. The summed E-state index contributed by atoms with van der Waals surface area (Å²) in [5.41, 5.74) is 0. The first-order chi connectivity index (χ1) is 9.43. The first-order valence-corrected chi connectivity index (χ1v) is 8.30.